The molecule has 0 saturated carbocycles. The minimum absolute atomic E-state index is 0.0281. The van der Waals surface area contributed by atoms with E-state index in [-0.39, 0.29) is 17.8 Å². The summed E-state index contributed by atoms with van der Waals surface area (Å²) >= 11 is 0. The molecule has 2 unspecified atom stereocenters. The number of halogens is 1. The smallest absolute Gasteiger partial charge is 0.325 e. The molecule has 1 fully saturated rings. The largest absolute Gasteiger partial charge is 0.347 e. The van der Waals surface area contributed by atoms with Gasteiger partial charge in [0.15, 0.2) is 0 Å². The molecule has 2 atom stereocenters. The highest BCUT2D eigenvalue weighted by Crippen LogP contribution is 2.29. The summed E-state index contributed by atoms with van der Waals surface area (Å²) in [6, 6.07) is 12.2. The summed E-state index contributed by atoms with van der Waals surface area (Å²) in [5, 5.41) is 5.56. The average molecular weight is 411 g/mol. The number of rotatable bonds is 6. The van der Waals surface area contributed by atoms with Gasteiger partial charge in [0.2, 0.25) is 5.91 Å². The molecule has 6 nitrogen and oxygen atoms in total. The van der Waals surface area contributed by atoms with Gasteiger partial charge >= 0.3 is 6.03 Å². The first-order valence-electron chi connectivity index (χ1n) is 9.88. The van der Waals surface area contributed by atoms with Gasteiger partial charge in [-0.15, -0.1) is 0 Å². The van der Waals surface area contributed by atoms with Crippen molar-refractivity contribution in [3.05, 3.63) is 71.0 Å². The summed E-state index contributed by atoms with van der Waals surface area (Å²) < 4.78 is 13.2. The Morgan fingerprint density at radius 1 is 1.10 bits per heavy atom. The van der Waals surface area contributed by atoms with E-state index in [1.54, 1.807) is 31.2 Å². The van der Waals surface area contributed by atoms with Gasteiger partial charge in [-0.05, 0) is 43.0 Å². The van der Waals surface area contributed by atoms with E-state index in [1.807, 2.05) is 32.9 Å². The minimum Gasteiger partial charge on any atom is -0.347 e. The molecule has 30 heavy (non-hydrogen) atoms. The second-order valence-corrected chi connectivity index (χ2v) is 8.15. The van der Waals surface area contributed by atoms with Crippen LogP contribution in [0.1, 0.15) is 43.5 Å². The highest BCUT2D eigenvalue weighted by molar-refractivity contribution is 6.09. The lowest BCUT2D eigenvalue weighted by Gasteiger charge is -2.25. The molecule has 1 aliphatic heterocycles. The van der Waals surface area contributed by atoms with Crippen molar-refractivity contribution in [2.24, 2.45) is 5.92 Å². The number of aryl methyl sites for hydroxylation is 1. The van der Waals surface area contributed by atoms with Crippen LogP contribution in [0.25, 0.3) is 0 Å². The highest BCUT2D eigenvalue weighted by Gasteiger charge is 2.49. The Bertz CT molecular complexity index is 957. The van der Waals surface area contributed by atoms with Crippen LogP contribution in [0.2, 0.25) is 0 Å². The van der Waals surface area contributed by atoms with Gasteiger partial charge in [-0.1, -0.05) is 55.8 Å². The number of nitrogens with zero attached hydrogens (tertiary/aromatic N) is 1. The molecule has 3 rings (SSSR count). The van der Waals surface area contributed by atoms with E-state index in [2.05, 4.69) is 10.6 Å². The predicted octanol–water partition coefficient (Wildman–Crippen LogP) is 3.41. The molecule has 7 heteroatoms. The van der Waals surface area contributed by atoms with E-state index >= 15 is 0 Å². The first kappa shape index (κ1) is 21.5. The summed E-state index contributed by atoms with van der Waals surface area (Å²) in [7, 11) is 0. The predicted molar refractivity (Wildman–Crippen MR) is 111 cm³/mol. The van der Waals surface area contributed by atoms with Crippen LogP contribution in [0, 0.1) is 18.7 Å². The van der Waals surface area contributed by atoms with Crippen LogP contribution in [0.4, 0.5) is 9.18 Å². The molecular weight excluding hydrogens is 385 g/mol. The van der Waals surface area contributed by atoms with Crippen molar-refractivity contribution in [1.82, 2.24) is 15.5 Å². The maximum absolute atomic E-state index is 13.2. The fourth-order valence-electron chi connectivity index (χ4n) is 3.59. The summed E-state index contributed by atoms with van der Waals surface area (Å²) in [5.74, 6) is -1.27. The van der Waals surface area contributed by atoms with Crippen LogP contribution in [0.15, 0.2) is 48.5 Å². The second kappa shape index (κ2) is 8.26. The molecule has 0 radical (unpaired) electrons. The van der Waals surface area contributed by atoms with Crippen LogP contribution in [0.3, 0.4) is 0 Å². The van der Waals surface area contributed by atoms with Gasteiger partial charge in [0.1, 0.15) is 17.9 Å². The summed E-state index contributed by atoms with van der Waals surface area (Å²) in [6.45, 7) is 7.03. The number of carbonyl (C=O) groups excluding carboxylic acids is 3. The lowest BCUT2D eigenvalue weighted by atomic mass is 9.91. The number of hydrogen-bond acceptors (Lipinski definition) is 3. The molecule has 1 heterocycles. The second-order valence-electron chi connectivity index (χ2n) is 8.15. The van der Waals surface area contributed by atoms with Crippen molar-refractivity contribution < 1.29 is 18.8 Å². The zero-order valence-corrected chi connectivity index (χ0v) is 17.5. The van der Waals surface area contributed by atoms with Gasteiger partial charge in [-0.2, -0.15) is 0 Å². The van der Waals surface area contributed by atoms with Crippen LogP contribution >= 0.6 is 0 Å². The number of nitrogens with one attached hydrogen (secondary N) is 2. The van der Waals surface area contributed by atoms with Crippen molar-refractivity contribution in [2.75, 3.05) is 6.54 Å². The van der Waals surface area contributed by atoms with Gasteiger partial charge in [0.05, 0.1) is 6.04 Å². The third-order valence-electron chi connectivity index (χ3n) is 5.42. The molecule has 0 aliphatic carbocycles. The number of imide groups is 1. The Labute approximate surface area is 175 Å². The van der Waals surface area contributed by atoms with Gasteiger partial charge in [0, 0.05) is 0 Å². The molecule has 2 aromatic rings. The molecule has 4 amide bonds. The zero-order valence-electron chi connectivity index (χ0n) is 17.5. The lowest BCUT2D eigenvalue weighted by Crippen LogP contribution is -2.44. The standard InChI is InChI=1S/C23H26FN3O3/c1-14(2)20(16-7-11-18(24)12-8-16)25-19(28)13-27-21(29)23(4,26-22(27)30)17-9-5-15(3)6-10-17/h5-12,14,20H,13H2,1-4H3,(H,25,28)(H,26,30). The van der Waals surface area contributed by atoms with Gasteiger partial charge < -0.3 is 10.6 Å². The van der Waals surface area contributed by atoms with Crippen LogP contribution in [-0.4, -0.2) is 29.3 Å². The molecule has 0 spiro atoms. The molecule has 2 aromatic carbocycles. The summed E-state index contributed by atoms with van der Waals surface area (Å²) in [6.07, 6.45) is 0. The number of urea groups is 1. The van der Waals surface area contributed by atoms with Crippen molar-refractivity contribution in [3.8, 4) is 0 Å². The van der Waals surface area contributed by atoms with Crippen LogP contribution in [0.5, 0.6) is 0 Å². The van der Waals surface area contributed by atoms with Crippen LogP contribution < -0.4 is 10.6 Å². The van der Waals surface area contributed by atoms with E-state index in [1.165, 1.54) is 12.1 Å². The van der Waals surface area contributed by atoms with E-state index in [0.29, 0.717) is 5.56 Å². The van der Waals surface area contributed by atoms with Gasteiger partial charge in [-0.3, -0.25) is 14.5 Å². The average Bonchev–Trinajstić information content (AvgIpc) is 2.91. The fraction of sp³-hybridized carbons (Fsp3) is 0.348. The van der Waals surface area contributed by atoms with E-state index in [4.69, 9.17) is 0 Å². The molecule has 1 aliphatic rings. The number of hydrogen-bond donors (Lipinski definition) is 2. The van der Waals surface area contributed by atoms with Gasteiger partial charge in [0.25, 0.3) is 5.91 Å². The minimum atomic E-state index is -1.22. The van der Waals surface area contributed by atoms with Crippen LogP contribution in [-0.2, 0) is 15.1 Å². The van der Waals surface area contributed by atoms with E-state index in [0.717, 1.165) is 16.0 Å². The quantitative estimate of drug-likeness (QED) is 0.715. The molecule has 158 valence electrons. The molecular formula is C23H26FN3O3. The number of benzene rings is 2. The van der Waals surface area contributed by atoms with E-state index in [9.17, 15) is 18.8 Å². The number of carbonyl (C=O) groups is 3. The summed E-state index contributed by atoms with van der Waals surface area (Å²) in [4.78, 5) is 39.1. The Kier molecular flexibility index (Phi) is 5.92. The monoisotopic (exact) mass is 411 g/mol. The molecule has 2 N–H and O–H groups in total. The van der Waals surface area contributed by atoms with Gasteiger partial charge in [-0.25, -0.2) is 9.18 Å². The summed E-state index contributed by atoms with van der Waals surface area (Å²) in [5.41, 5.74) is 1.22. The zero-order chi connectivity index (χ0) is 22.1. The molecule has 0 bridgehead atoms. The van der Waals surface area contributed by atoms with Crippen molar-refractivity contribution in [1.29, 1.82) is 0 Å². The number of amides is 4. The fourth-order valence-corrected chi connectivity index (χ4v) is 3.59. The third kappa shape index (κ3) is 4.20. The van der Waals surface area contributed by atoms with Crippen molar-refractivity contribution in [2.45, 2.75) is 39.3 Å². The van der Waals surface area contributed by atoms with Crippen molar-refractivity contribution >= 4 is 17.8 Å². The first-order chi connectivity index (χ1) is 14.1. The lowest BCUT2D eigenvalue weighted by molar-refractivity contribution is -0.135. The Morgan fingerprint density at radius 3 is 2.27 bits per heavy atom. The van der Waals surface area contributed by atoms with E-state index < -0.39 is 29.9 Å². The van der Waals surface area contributed by atoms with Crippen molar-refractivity contribution in [3.63, 3.8) is 0 Å². The Hall–Kier alpha value is -3.22. The Morgan fingerprint density at radius 2 is 1.70 bits per heavy atom. The molecule has 0 aromatic heterocycles. The Balaban J connectivity index is 1.74. The highest BCUT2D eigenvalue weighted by atomic mass is 19.1. The normalized spacial score (nSPS) is 19.7. The maximum atomic E-state index is 13.2. The SMILES string of the molecule is Cc1ccc(C2(C)NC(=O)N(CC(=O)NC(c3ccc(F)cc3)C(C)C)C2=O)cc1. The topological polar surface area (TPSA) is 78.5 Å². The maximum Gasteiger partial charge on any atom is 0.325 e. The third-order valence-corrected chi connectivity index (χ3v) is 5.42. The first-order valence-corrected chi connectivity index (χ1v) is 9.88. The molecule has 1 saturated heterocycles.